The lowest BCUT2D eigenvalue weighted by Gasteiger charge is -2.18. The number of rotatable bonds is 13. The highest BCUT2D eigenvalue weighted by atomic mass is 16.5. The van der Waals surface area contributed by atoms with E-state index < -0.39 is 0 Å². The van der Waals surface area contributed by atoms with Gasteiger partial charge in [0.25, 0.3) is 0 Å². The normalized spacial score (nSPS) is 12.7. The molecule has 0 fully saturated rings. The number of unbranched alkanes of at least 4 members (excludes halogenated alkanes) is 1. The second-order valence-electron chi connectivity index (χ2n) is 6.46. The quantitative estimate of drug-likeness (QED) is 0.314. The molecule has 0 radical (unpaired) electrons. The minimum Gasteiger partial charge on any atom is -0.493 e. The van der Waals surface area contributed by atoms with Crippen LogP contribution < -0.4 is 20.1 Å². The Bertz CT molecular complexity index is 533. The second kappa shape index (κ2) is 14.2. The smallest absolute Gasteiger partial charge is 0.191 e. The minimum atomic E-state index is -0.0422. The third kappa shape index (κ3) is 9.52. The third-order valence-electron chi connectivity index (χ3n) is 4.34. The first kappa shape index (κ1) is 23.1. The van der Waals surface area contributed by atoms with Crippen LogP contribution in [-0.2, 0) is 0 Å². The van der Waals surface area contributed by atoms with Crippen LogP contribution >= 0.6 is 0 Å². The first-order valence-electron chi connectivity index (χ1n) is 10.2. The number of aliphatic imine (C=N–C) groups is 1. The summed E-state index contributed by atoms with van der Waals surface area (Å²) < 4.78 is 11.3. The Hall–Kier alpha value is -1.95. The molecule has 0 amide bonds. The van der Waals surface area contributed by atoms with Gasteiger partial charge in [0.15, 0.2) is 17.5 Å². The molecule has 0 saturated heterocycles. The molecule has 0 aliphatic carbocycles. The molecule has 0 bridgehead atoms. The first-order chi connectivity index (χ1) is 13.1. The van der Waals surface area contributed by atoms with Crippen molar-refractivity contribution in [3.63, 3.8) is 0 Å². The van der Waals surface area contributed by atoms with Crippen LogP contribution in [0.2, 0.25) is 0 Å². The summed E-state index contributed by atoms with van der Waals surface area (Å²) in [6.07, 6.45) is 2.29. The number of hydrogen-bond donors (Lipinski definition) is 2. The number of nitrogens with zero attached hydrogens (tertiary/aromatic N) is 2. The Balaban J connectivity index is 2.41. The summed E-state index contributed by atoms with van der Waals surface area (Å²) in [5, 5.41) is 6.71. The monoisotopic (exact) mass is 378 g/mol. The SMILES string of the molecule is CCNC(=NCC(C)Oc1ccccc1OC)NCCCCN(CC)CC. The lowest BCUT2D eigenvalue weighted by Crippen LogP contribution is -2.38. The molecule has 0 aliphatic heterocycles. The molecule has 0 aliphatic rings. The lowest BCUT2D eigenvalue weighted by molar-refractivity contribution is 0.219. The molecule has 1 aromatic carbocycles. The summed E-state index contributed by atoms with van der Waals surface area (Å²) in [5.74, 6) is 2.33. The Kier molecular flexibility index (Phi) is 12.1. The highest BCUT2D eigenvalue weighted by molar-refractivity contribution is 5.79. The molecule has 0 spiro atoms. The largest absolute Gasteiger partial charge is 0.493 e. The van der Waals surface area contributed by atoms with Gasteiger partial charge in [-0.2, -0.15) is 0 Å². The number of ether oxygens (including phenoxy) is 2. The van der Waals surface area contributed by atoms with Crippen LogP contribution in [0, 0.1) is 0 Å². The van der Waals surface area contributed by atoms with E-state index in [0.29, 0.717) is 6.54 Å². The van der Waals surface area contributed by atoms with Gasteiger partial charge in [-0.1, -0.05) is 26.0 Å². The van der Waals surface area contributed by atoms with E-state index in [1.807, 2.05) is 31.2 Å². The zero-order valence-electron chi connectivity index (χ0n) is 17.8. The molecule has 1 rings (SSSR count). The van der Waals surface area contributed by atoms with Crippen molar-refractivity contribution in [2.45, 2.75) is 46.6 Å². The lowest BCUT2D eigenvalue weighted by atomic mass is 10.3. The molecule has 27 heavy (non-hydrogen) atoms. The Morgan fingerprint density at radius 1 is 1.07 bits per heavy atom. The molecule has 6 heteroatoms. The van der Waals surface area contributed by atoms with Crippen LogP contribution in [0.3, 0.4) is 0 Å². The maximum Gasteiger partial charge on any atom is 0.191 e. The molecule has 1 unspecified atom stereocenters. The molecule has 0 aromatic heterocycles. The standard InChI is InChI=1S/C21H38N4O2/c1-6-22-21(23-15-11-12-16-25(7-2)8-3)24-17-18(4)27-20-14-10-9-13-19(20)26-5/h9-10,13-14,18H,6-8,11-12,15-17H2,1-5H3,(H2,22,23,24). The number of nitrogens with one attached hydrogen (secondary N) is 2. The van der Waals surface area contributed by atoms with Crippen molar-refractivity contribution >= 4 is 5.96 Å². The van der Waals surface area contributed by atoms with Gasteiger partial charge >= 0.3 is 0 Å². The Labute approximate surface area is 165 Å². The fourth-order valence-corrected chi connectivity index (χ4v) is 2.74. The molecule has 1 aromatic rings. The van der Waals surface area contributed by atoms with Gasteiger partial charge in [-0.25, -0.2) is 4.99 Å². The molecule has 154 valence electrons. The maximum absolute atomic E-state index is 5.97. The average Bonchev–Trinajstić information content (AvgIpc) is 2.69. The Morgan fingerprint density at radius 3 is 2.41 bits per heavy atom. The molecular formula is C21H38N4O2. The van der Waals surface area contributed by atoms with Gasteiger partial charge < -0.3 is 25.0 Å². The molecular weight excluding hydrogens is 340 g/mol. The van der Waals surface area contributed by atoms with Crippen LogP contribution in [0.15, 0.2) is 29.3 Å². The summed E-state index contributed by atoms with van der Waals surface area (Å²) in [6, 6.07) is 7.69. The van der Waals surface area contributed by atoms with Crippen LogP contribution in [0.25, 0.3) is 0 Å². The molecule has 1 atom stereocenters. The van der Waals surface area contributed by atoms with Gasteiger partial charge in [-0.05, 0) is 58.5 Å². The van der Waals surface area contributed by atoms with Gasteiger partial charge in [0, 0.05) is 13.1 Å². The van der Waals surface area contributed by atoms with Crippen LogP contribution in [-0.4, -0.2) is 63.3 Å². The van der Waals surface area contributed by atoms with E-state index in [9.17, 15) is 0 Å². The number of para-hydroxylation sites is 2. The van der Waals surface area contributed by atoms with Crippen molar-refractivity contribution < 1.29 is 9.47 Å². The number of hydrogen-bond acceptors (Lipinski definition) is 4. The third-order valence-corrected chi connectivity index (χ3v) is 4.34. The van der Waals surface area contributed by atoms with E-state index in [4.69, 9.17) is 9.47 Å². The van der Waals surface area contributed by atoms with Crippen molar-refractivity contribution in [2.24, 2.45) is 4.99 Å². The highest BCUT2D eigenvalue weighted by Gasteiger charge is 2.08. The highest BCUT2D eigenvalue weighted by Crippen LogP contribution is 2.26. The van der Waals surface area contributed by atoms with Crippen molar-refractivity contribution in [3.05, 3.63) is 24.3 Å². The molecule has 0 saturated carbocycles. The molecule has 6 nitrogen and oxygen atoms in total. The summed E-state index contributed by atoms with van der Waals surface area (Å²) in [6.45, 7) is 14.3. The molecule has 0 heterocycles. The summed E-state index contributed by atoms with van der Waals surface area (Å²) >= 11 is 0. The van der Waals surface area contributed by atoms with E-state index in [2.05, 4.69) is 41.3 Å². The van der Waals surface area contributed by atoms with E-state index in [-0.39, 0.29) is 6.10 Å². The fraction of sp³-hybridized carbons (Fsp3) is 0.667. The van der Waals surface area contributed by atoms with Crippen LogP contribution in [0.4, 0.5) is 0 Å². The van der Waals surface area contributed by atoms with Crippen molar-refractivity contribution in [2.75, 3.05) is 46.4 Å². The number of guanidine groups is 1. The fourth-order valence-electron chi connectivity index (χ4n) is 2.74. The van der Waals surface area contributed by atoms with E-state index in [1.54, 1.807) is 7.11 Å². The van der Waals surface area contributed by atoms with Gasteiger partial charge in [0.2, 0.25) is 0 Å². The van der Waals surface area contributed by atoms with E-state index >= 15 is 0 Å². The zero-order chi connectivity index (χ0) is 19.9. The Morgan fingerprint density at radius 2 is 1.78 bits per heavy atom. The number of methoxy groups -OCH3 is 1. The second-order valence-corrected chi connectivity index (χ2v) is 6.46. The van der Waals surface area contributed by atoms with Gasteiger partial charge in [0.05, 0.1) is 13.7 Å². The van der Waals surface area contributed by atoms with Gasteiger partial charge in [-0.15, -0.1) is 0 Å². The van der Waals surface area contributed by atoms with Crippen LogP contribution in [0.5, 0.6) is 11.5 Å². The summed E-state index contributed by atoms with van der Waals surface area (Å²) in [7, 11) is 1.65. The number of benzene rings is 1. The maximum atomic E-state index is 5.97. The summed E-state index contributed by atoms with van der Waals surface area (Å²) in [5.41, 5.74) is 0. The minimum absolute atomic E-state index is 0.0422. The topological polar surface area (TPSA) is 58.1 Å². The van der Waals surface area contributed by atoms with E-state index in [1.165, 1.54) is 6.42 Å². The van der Waals surface area contributed by atoms with Crippen molar-refractivity contribution in [3.8, 4) is 11.5 Å². The summed E-state index contributed by atoms with van der Waals surface area (Å²) in [4.78, 5) is 7.10. The zero-order valence-corrected chi connectivity index (χ0v) is 17.8. The van der Waals surface area contributed by atoms with E-state index in [0.717, 1.165) is 56.6 Å². The van der Waals surface area contributed by atoms with Crippen molar-refractivity contribution in [1.82, 2.24) is 15.5 Å². The van der Waals surface area contributed by atoms with Gasteiger partial charge in [-0.3, -0.25) is 0 Å². The van der Waals surface area contributed by atoms with Crippen molar-refractivity contribution in [1.29, 1.82) is 0 Å². The predicted molar refractivity (Wildman–Crippen MR) is 114 cm³/mol. The van der Waals surface area contributed by atoms with Crippen LogP contribution in [0.1, 0.15) is 40.5 Å². The average molecular weight is 379 g/mol. The van der Waals surface area contributed by atoms with Gasteiger partial charge in [0.1, 0.15) is 6.10 Å². The predicted octanol–water partition coefficient (Wildman–Crippen LogP) is 3.14. The molecule has 2 N–H and O–H groups in total. The first-order valence-corrected chi connectivity index (χ1v) is 10.2.